The highest BCUT2D eigenvalue weighted by atomic mass is 28.4. The molecule has 170 valence electrons. The number of aliphatic hydroxyl groups is 1. The van der Waals surface area contributed by atoms with E-state index < -0.39 is 16.6 Å². The van der Waals surface area contributed by atoms with Crippen LogP contribution in [0.25, 0.3) is 0 Å². The van der Waals surface area contributed by atoms with E-state index in [2.05, 4.69) is 81.2 Å². The fourth-order valence-corrected chi connectivity index (χ4v) is 8.81. The number of aliphatic hydroxyl groups excluding tert-OH is 1. The van der Waals surface area contributed by atoms with Crippen molar-refractivity contribution in [1.82, 2.24) is 0 Å². The van der Waals surface area contributed by atoms with Crippen LogP contribution in [-0.2, 0) is 8.85 Å². The Labute approximate surface area is 182 Å². The normalized spacial score (nSPS) is 33.6. The average molecular weight is 441 g/mol. The molecule has 3 nitrogen and oxygen atoms in total. The van der Waals surface area contributed by atoms with Crippen molar-refractivity contribution in [3.05, 3.63) is 11.1 Å². The molecule has 0 amide bonds. The van der Waals surface area contributed by atoms with Crippen LogP contribution < -0.4 is 0 Å². The van der Waals surface area contributed by atoms with E-state index in [1.807, 2.05) is 0 Å². The smallest absolute Gasteiger partial charge is 0.192 e. The number of hydrogen-bond acceptors (Lipinski definition) is 3. The van der Waals surface area contributed by atoms with E-state index in [0.29, 0.717) is 0 Å². The monoisotopic (exact) mass is 440 g/mol. The van der Waals surface area contributed by atoms with E-state index in [4.69, 9.17) is 8.85 Å². The Balaban J connectivity index is 2.60. The van der Waals surface area contributed by atoms with Crippen LogP contribution in [0.15, 0.2) is 11.1 Å². The van der Waals surface area contributed by atoms with Crippen molar-refractivity contribution in [3.8, 4) is 0 Å². The lowest BCUT2D eigenvalue weighted by Crippen LogP contribution is -2.70. The summed E-state index contributed by atoms with van der Waals surface area (Å²) >= 11 is 0. The predicted molar refractivity (Wildman–Crippen MR) is 129 cm³/mol. The van der Waals surface area contributed by atoms with Gasteiger partial charge in [0.2, 0.25) is 0 Å². The molecule has 0 saturated heterocycles. The first-order chi connectivity index (χ1) is 12.8. The molecule has 0 radical (unpaired) electrons. The molecule has 0 heterocycles. The highest BCUT2D eigenvalue weighted by Crippen LogP contribution is 2.65. The Hall–Kier alpha value is 0.0538. The molecule has 0 unspecified atom stereocenters. The van der Waals surface area contributed by atoms with E-state index >= 15 is 0 Å². The van der Waals surface area contributed by atoms with Crippen LogP contribution in [0, 0.1) is 10.8 Å². The van der Waals surface area contributed by atoms with E-state index in [1.165, 1.54) is 11.1 Å². The van der Waals surface area contributed by atoms with E-state index in [0.717, 1.165) is 25.7 Å². The second-order valence-electron chi connectivity index (χ2n) is 12.9. The van der Waals surface area contributed by atoms with Gasteiger partial charge in [-0.1, -0.05) is 47.1 Å². The summed E-state index contributed by atoms with van der Waals surface area (Å²) in [4.78, 5) is 0. The largest absolute Gasteiger partial charge is 0.413 e. The summed E-state index contributed by atoms with van der Waals surface area (Å²) in [5.41, 5.74) is 2.18. The summed E-state index contributed by atoms with van der Waals surface area (Å²) in [5, 5.41) is 10.2. The van der Waals surface area contributed by atoms with Crippen LogP contribution in [0.2, 0.25) is 37.8 Å². The van der Waals surface area contributed by atoms with Crippen molar-refractivity contribution in [2.24, 2.45) is 10.8 Å². The van der Waals surface area contributed by atoms with Gasteiger partial charge in [0.25, 0.3) is 0 Å². The van der Waals surface area contributed by atoms with Gasteiger partial charge < -0.3 is 14.0 Å². The summed E-state index contributed by atoms with van der Waals surface area (Å²) in [6.07, 6.45) is 4.24. The molecule has 0 bridgehead atoms. The zero-order valence-electron chi connectivity index (χ0n) is 21.4. The van der Waals surface area contributed by atoms with Crippen LogP contribution >= 0.6 is 0 Å². The fourth-order valence-electron chi connectivity index (χ4n) is 5.70. The second-order valence-corrected chi connectivity index (χ2v) is 22.1. The third kappa shape index (κ3) is 4.11. The standard InChI is InChI=1S/C24H48O3Si2/c1-18-19(17-25)13-16-24(27-28(8,9)10)22(5,6)20(14-15-23(18,24)7)26-29(11,12)21(2,3)4/h20,25H,13-17H2,1-12H3/t20-,23+,24+/m0/s1. The van der Waals surface area contributed by atoms with Crippen molar-refractivity contribution >= 4 is 16.6 Å². The summed E-state index contributed by atoms with van der Waals surface area (Å²) < 4.78 is 14.3. The van der Waals surface area contributed by atoms with Gasteiger partial charge in [-0.25, -0.2) is 0 Å². The van der Waals surface area contributed by atoms with E-state index in [-0.39, 0.29) is 34.2 Å². The minimum Gasteiger partial charge on any atom is -0.413 e. The van der Waals surface area contributed by atoms with Gasteiger partial charge in [0, 0.05) is 10.8 Å². The van der Waals surface area contributed by atoms with Crippen LogP contribution in [0.5, 0.6) is 0 Å². The first kappa shape index (κ1) is 25.3. The SMILES string of the molecule is CC1=C(CO)CC[C@@]2(O[Si](C)(C)C)C(C)(C)[C@@H](O[Si](C)(C)C(C)(C)C)CC[C@]12C. The van der Waals surface area contributed by atoms with Crippen molar-refractivity contribution in [2.45, 2.75) is 124 Å². The molecule has 0 aromatic heterocycles. The lowest BCUT2D eigenvalue weighted by molar-refractivity contribution is -0.204. The zero-order chi connectivity index (χ0) is 22.7. The van der Waals surface area contributed by atoms with Crippen LogP contribution in [0.3, 0.4) is 0 Å². The third-order valence-electron chi connectivity index (χ3n) is 8.69. The Morgan fingerprint density at radius 1 is 1.03 bits per heavy atom. The van der Waals surface area contributed by atoms with Gasteiger partial charge in [-0.2, -0.15) is 0 Å². The first-order valence-corrected chi connectivity index (χ1v) is 17.8. The van der Waals surface area contributed by atoms with E-state index in [9.17, 15) is 5.11 Å². The molecule has 0 spiro atoms. The van der Waals surface area contributed by atoms with Gasteiger partial charge in [0.15, 0.2) is 16.6 Å². The number of rotatable bonds is 5. The van der Waals surface area contributed by atoms with Gasteiger partial charge in [-0.3, -0.25) is 0 Å². The molecule has 0 aromatic rings. The van der Waals surface area contributed by atoms with Gasteiger partial charge in [0.05, 0.1) is 18.3 Å². The Morgan fingerprint density at radius 3 is 2.03 bits per heavy atom. The minimum absolute atomic E-state index is 0.0552. The second kappa shape index (κ2) is 7.58. The molecule has 2 aliphatic rings. The molecule has 0 aliphatic heterocycles. The molecule has 1 fully saturated rings. The Kier molecular flexibility index (Phi) is 6.62. The zero-order valence-corrected chi connectivity index (χ0v) is 23.4. The van der Waals surface area contributed by atoms with Crippen molar-refractivity contribution < 1.29 is 14.0 Å². The predicted octanol–water partition coefficient (Wildman–Crippen LogP) is 6.90. The van der Waals surface area contributed by atoms with Crippen molar-refractivity contribution in [2.75, 3.05) is 6.61 Å². The minimum atomic E-state index is -1.89. The number of hydrogen-bond donors (Lipinski definition) is 1. The van der Waals surface area contributed by atoms with Crippen LogP contribution in [-0.4, -0.2) is 40.1 Å². The summed E-state index contributed by atoms with van der Waals surface area (Å²) in [6, 6.07) is 0. The molecule has 0 aromatic carbocycles. The van der Waals surface area contributed by atoms with E-state index in [1.54, 1.807) is 0 Å². The molecule has 1 N–H and O–H groups in total. The summed E-state index contributed by atoms with van der Waals surface area (Å²) in [5.74, 6) is 0. The summed E-state index contributed by atoms with van der Waals surface area (Å²) in [6.45, 7) is 28.3. The molecular formula is C24H48O3Si2. The third-order valence-corrected chi connectivity index (χ3v) is 14.1. The molecule has 2 aliphatic carbocycles. The highest BCUT2D eigenvalue weighted by Gasteiger charge is 2.66. The quantitative estimate of drug-likeness (QED) is 0.373. The maximum Gasteiger partial charge on any atom is 0.192 e. The average Bonchev–Trinajstić information content (AvgIpc) is 2.52. The van der Waals surface area contributed by atoms with Gasteiger partial charge in [0.1, 0.15) is 0 Å². The number of fused-ring (bicyclic) bond motifs is 1. The van der Waals surface area contributed by atoms with Gasteiger partial charge in [-0.05, 0) is 76.0 Å². The maximum atomic E-state index is 10.00. The first-order valence-electron chi connectivity index (χ1n) is 11.5. The highest BCUT2D eigenvalue weighted by molar-refractivity contribution is 6.74. The molecule has 5 heteroatoms. The Bertz CT molecular complexity index is 654. The molecule has 29 heavy (non-hydrogen) atoms. The molecular weight excluding hydrogens is 392 g/mol. The molecule has 3 atom stereocenters. The lowest BCUT2D eigenvalue weighted by Gasteiger charge is -2.67. The van der Waals surface area contributed by atoms with Crippen LogP contribution in [0.4, 0.5) is 0 Å². The van der Waals surface area contributed by atoms with Crippen molar-refractivity contribution in [3.63, 3.8) is 0 Å². The molecule has 1 saturated carbocycles. The fraction of sp³-hybridized carbons (Fsp3) is 0.917. The molecule has 2 rings (SSSR count). The lowest BCUT2D eigenvalue weighted by atomic mass is 9.46. The van der Waals surface area contributed by atoms with Gasteiger partial charge >= 0.3 is 0 Å². The van der Waals surface area contributed by atoms with Crippen molar-refractivity contribution in [1.29, 1.82) is 0 Å². The summed E-state index contributed by atoms with van der Waals surface area (Å²) in [7, 11) is -3.70. The maximum absolute atomic E-state index is 10.00. The van der Waals surface area contributed by atoms with Gasteiger partial charge in [-0.15, -0.1) is 0 Å². The Morgan fingerprint density at radius 2 is 1.59 bits per heavy atom. The van der Waals surface area contributed by atoms with Crippen LogP contribution in [0.1, 0.15) is 74.1 Å². The topological polar surface area (TPSA) is 38.7 Å².